The topological polar surface area (TPSA) is 51.0 Å². The molecule has 0 amide bonds. The Morgan fingerprint density at radius 1 is 1.33 bits per heavy atom. The Kier molecular flexibility index (Phi) is 3.37. The minimum atomic E-state index is 0.575. The summed E-state index contributed by atoms with van der Waals surface area (Å²) < 4.78 is 5.34. The zero-order chi connectivity index (χ0) is 12.5. The smallest absolute Gasteiger partial charge is 0.240 e. The first-order chi connectivity index (χ1) is 8.72. The van der Waals surface area contributed by atoms with Crippen LogP contribution in [-0.2, 0) is 6.54 Å². The quantitative estimate of drug-likeness (QED) is 0.871. The van der Waals surface area contributed by atoms with E-state index in [2.05, 4.69) is 29.3 Å². The summed E-state index contributed by atoms with van der Waals surface area (Å²) in [5, 5.41) is 7.53. The summed E-state index contributed by atoms with van der Waals surface area (Å²) in [5.41, 5.74) is 0. The lowest BCUT2D eigenvalue weighted by atomic mass is 9.88. The minimum Gasteiger partial charge on any atom is -0.338 e. The molecule has 0 saturated heterocycles. The second-order valence-corrected chi connectivity index (χ2v) is 6.35. The summed E-state index contributed by atoms with van der Waals surface area (Å²) in [4.78, 5) is 4.57. The lowest BCUT2D eigenvalue weighted by molar-refractivity contribution is 0.343. The Balaban J connectivity index is 1.56. The van der Waals surface area contributed by atoms with Crippen molar-refractivity contribution in [2.75, 3.05) is 6.54 Å². The van der Waals surface area contributed by atoms with Crippen LogP contribution in [0, 0.1) is 17.8 Å². The highest BCUT2D eigenvalue weighted by Gasteiger charge is 2.42. The SMILES string of the molecule is CC(C)CNCc1nc(C2CC3CCC2C3)no1. The number of aromatic nitrogens is 2. The third kappa shape index (κ3) is 2.44. The number of nitrogens with zero attached hydrogens (tertiary/aromatic N) is 2. The Bertz CT molecular complexity index is 401. The van der Waals surface area contributed by atoms with E-state index in [4.69, 9.17) is 4.52 Å². The van der Waals surface area contributed by atoms with E-state index < -0.39 is 0 Å². The summed E-state index contributed by atoms with van der Waals surface area (Å²) in [6.45, 7) is 6.08. The van der Waals surface area contributed by atoms with Gasteiger partial charge in [-0.15, -0.1) is 0 Å². The van der Waals surface area contributed by atoms with Crippen LogP contribution >= 0.6 is 0 Å². The van der Waals surface area contributed by atoms with E-state index in [1.54, 1.807) is 0 Å². The van der Waals surface area contributed by atoms with Crippen LogP contribution in [-0.4, -0.2) is 16.7 Å². The molecule has 1 aromatic rings. The third-order valence-corrected chi connectivity index (χ3v) is 4.38. The molecule has 1 N–H and O–H groups in total. The second-order valence-electron chi connectivity index (χ2n) is 6.35. The summed E-state index contributed by atoms with van der Waals surface area (Å²) in [7, 11) is 0. The molecule has 18 heavy (non-hydrogen) atoms. The van der Waals surface area contributed by atoms with Crippen molar-refractivity contribution in [3.8, 4) is 0 Å². The van der Waals surface area contributed by atoms with Gasteiger partial charge in [0.15, 0.2) is 5.82 Å². The van der Waals surface area contributed by atoms with E-state index in [-0.39, 0.29) is 0 Å². The molecule has 4 heteroatoms. The molecular weight excluding hydrogens is 226 g/mol. The summed E-state index contributed by atoms with van der Waals surface area (Å²) in [6.07, 6.45) is 5.45. The van der Waals surface area contributed by atoms with E-state index in [0.29, 0.717) is 18.4 Å². The van der Waals surface area contributed by atoms with Crippen molar-refractivity contribution in [2.24, 2.45) is 17.8 Å². The van der Waals surface area contributed by atoms with E-state index in [1.807, 2.05) is 0 Å². The molecule has 2 saturated carbocycles. The van der Waals surface area contributed by atoms with Gasteiger partial charge in [-0.2, -0.15) is 4.98 Å². The fourth-order valence-corrected chi connectivity index (χ4v) is 3.52. The fourth-order valence-electron chi connectivity index (χ4n) is 3.52. The molecule has 0 spiro atoms. The molecule has 2 aliphatic carbocycles. The molecule has 0 aliphatic heterocycles. The molecule has 100 valence electrons. The molecule has 0 radical (unpaired) electrons. The Morgan fingerprint density at radius 3 is 2.89 bits per heavy atom. The van der Waals surface area contributed by atoms with Crippen molar-refractivity contribution in [3.63, 3.8) is 0 Å². The first-order valence-electron chi connectivity index (χ1n) is 7.25. The molecule has 1 aromatic heterocycles. The lowest BCUT2D eigenvalue weighted by Gasteiger charge is -2.17. The van der Waals surface area contributed by atoms with Gasteiger partial charge in [0.25, 0.3) is 0 Å². The van der Waals surface area contributed by atoms with Crippen molar-refractivity contribution in [2.45, 2.75) is 52.0 Å². The van der Waals surface area contributed by atoms with Gasteiger partial charge in [-0.1, -0.05) is 25.4 Å². The minimum absolute atomic E-state index is 0.575. The molecule has 2 fully saturated rings. The summed E-state index contributed by atoms with van der Waals surface area (Å²) >= 11 is 0. The average molecular weight is 249 g/mol. The lowest BCUT2D eigenvalue weighted by Crippen LogP contribution is -2.19. The van der Waals surface area contributed by atoms with Crippen molar-refractivity contribution in [3.05, 3.63) is 11.7 Å². The van der Waals surface area contributed by atoms with Gasteiger partial charge in [0, 0.05) is 5.92 Å². The molecule has 2 aliphatic rings. The van der Waals surface area contributed by atoms with Crippen molar-refractivity contribution < 1.29 is 4.52 Å². The van der Waals surface area contributed by atoms with Gasteiger partial charge >= 0.3 is 0 Å². The van der Waals surface area contributed by atoms with Gasteiger partial charge in [-0.3, -0.25) is 0 Å². The van der Waals surface area contributed by atoms with Gasteiger partial charge in [0.2, 0.25) is 5.89 Å². The number of fused-ring (bicyclic) bond motifs is 2. The van der Waals surface area contributed by atoms with Crippen LogP contribution in [0.1, 0.15) is 57.2 Å². The van der Waals surface area contributed by atoms with Crippen molar-refractivity contribution in [1.29, 1.82) is 0 Å². The highest BCUT2D eigenvalue weighted by molar-refractivity contribution is 5.06. The molecule has 3 unspecified atom stereocenters. The van der Waals surface area contributed by atoms with Gasteiger partial charge in [0.05, 0.1) is 6.54 Å². The first kappa shape index (κ1) is 12.2. The van der Waals surface area contributed by atoms with E-state index in [9.17, 15) is 0 Å². The maximum absolute atomic E-state index is 5.34. The average Bonchev–Trinajstić information content (AvgIpc) is 3.03. The fraction of sp³-hybridized carbons (Fsp3) is 0.857. The predicted molar refractivity (Wildman–Crippen MR) is 69.0 cm³/mol. The van der Waals surface area contributed by atoms with Gasteiger partial charge in [-0.05, 0) is 43.6 Å². The predicted octanol–water partition coefficient (Wildman–Crippen LogP) is 2.72. The van der Waals surface area contributed by atoms with Crippen LogP contribution < -0.4 is 5.32 Å². The molecule has 3 rings (SSSR count). The van der Waals surface area contributed by atoms with Gasteiger partial charge in [0.1, 0.15) is 0 Å². The summed E-state index contributed by atoms with van der Waals surface area (Å²) in [5.74, 6) is 4.69. The largest absolute Gasteiger partial charge is 0.338 e. The van der Waals surface area contributed by atoms with Crippen LogP contribution in [0.5, 0.6) is 0 Å². The molecule has 0 aromatic carbocycles. The van der Waals surface area contributed by atoms with Crippen molar-refractivity contribution in [1.82, 2.24) is 15.5 Å². The standard InChI is InChI=1S/C14H23N3O/c1-9(2)7-15-8-13-16-14(17-18-13)12-6-10-3-4-11(12)5-10/h9-12,15H,3-8H2,1-2H3. The zero-order valence-corrected chi connectivity index (χ0v) is 11.4. The van der Waals surface area contributed by atoms with E-state index in [0.717, 1.165) is 30.1 Å². The summed E-state index contributed by atoms with van der Waals surface area (Å²) in [6, 6.07) is 0. The maximum Gasteiger partial charge on any atom is 0.240 e. The van der Waals surface area contributed by atoms with Crippen LogP contribution in [0.3, 0.4) is 0 Å². The molecule has 3 atom stereocenters. The monoisotopic (exact) mass is 249 g/mol. The Hall–Kier alpha value is -0.900. The molecule has 4 nitrogen and oxygen atoms in total. The van der Waals surface area contributed by atoms with Gasteiger partial charge < -0.3 is 9.84 Å². The zero-order valence-electron chi connectivity index (χ0n) is 11.4. The van der Waals surface area contributed by atoms with E-state index in [1.165, 1.54) is 25.7 Å². The Morgan fingerprint density at radius 2 is 2.22 bits per heavy atom. The van der Waals surface area contributed by atoms with Crippen LogP contribution in [0.4, 0.5) is 0 Å². The normalized spacial score (nSPS) is 30.5. The molecule has 2 bridgehead atoms. The maximum atomic E-state index is 5.34. The van der Waals surface area contributed by atoms with Crippen LogP contribution in [0.2, 0.25) is 0 Å². The van der Waals surface area contributed by atoms with Crippen LogP contribution in [0.25, 0.3) is 0 Å². The first-order valence-corrected chi connectivity index (χ1v) is 7.25. The highest BCUT2D eigenvalue weighted by atomic mass is 16.5. The second kappa shape index (κ2) is 5.00. The number of hydrogen-bond donors (Lipinski definition) is 1. The molecular formula is C14H23N3O. The highest BCUT2D eigenvalue weighted by Crippen LogP contribution is 2.52. The van der Waals surface area contributed by atoms with Crippen molar-refractivity contribution >= 4 is 0 Å². The van der Waals surface area contributed by atoms with E-state index >= 15 is 0 Å². The number of hydrogen-bond acceptors (Lipinski definition) is 4. The number of nitrogens with one attached hydrogen (secondary N) is 1. The van der Waals surface area contributed by atoms with Crippen LogP contribution in [0.15, 0.2) is 4.52 Å². The van der Waals surface area contributed by atoms with Gasteiger partial charge in [-0.25, -0.2) is 0 Å². The Labute approximate surface area is 109 Å². The molecule has 1 heterocycles. The third-order valence-electron chi connectivity index (χ3n) is 4.38. The number of rotatable bonds is 5.